The number of carbonyl (C=O) groups is 2. The fourth-order valence-electron chi connectivity index (χ4n) is 1.95. The molecule has 0 bridgehead atoms. The van der Waals surface area contributed by atoms with Gasteiger partial charge in [-0.15, -0.1) is 0 Å². The van der Waals surface area contributed by atoms with Gasteiger partial charge in [0, 0.05) is 12.5 Å². The first kappa shape index (κ1) is 17.2. The molecule has 1 amide bonds. The van der Waals surface area contributed by atoms with Crippen LogP contribution in [0.25, 0.3) is 0 Å². The topological polar surface area (TPSA) is 66.4 Å². The minimum absolute atomic E-state index is 0.0719. The molecule has 0 spiro atoms. The van der Waals surface area contributed by atoms with Gasteiger partial charge in [0.05, 0.1) is 5.41 Å². The average molecular weight is 291 g/mol. The van der Waals surface area contributed by atoms with Crippen LogP contribution in [-0.4, -0.2) is 23.5 Å². The predicted molar refractivity (Wildman–Crippen MR) is 83.0 cm³/mol. The van der Waals surface area contributed by atoms with Crippen molar-refractivity contribution >= 4 is 11.9 Å². The van der Waals surface area contributed by atoms with Crippen molar-refractivity contribution in [1.82, 2.24) is 5.32 Å². The van der Waals surface area contributed by atoms with Crippen LogP contribution < -0.4 is 5.32 Å². The first-order valence-corrected chi connectivity index (χ1v) is 7.38. The van der Waals surface area contributed by atoms with E-state index in [9.17, 15) is 9.59 Å². The molecule has 2 N–H and O–H groups in total. The molecule has 0 aliphatic heterocycles. The highest BCUT2D eigenvalue weighted by Gasteiger charge is 2.28. The molecule has 21 heavy (non-hydrogen) atoms. The molecular formula is C17H25NO3. The number of aliphatic carboxylic acids is 1. The van der Waals surface area contributed by atoms with Gasteiger partial charge in [-0.3, -0.25) is 9.59 Å². The number of carboxylic acid groups (broad SMARTS) is 1. The third-order valence-electron chi connectivity index (χ3n) is 3.68. The molecule has 1 atom stereocenters. The van der Waals surface area contributed by atoms with Crippen LogP contribution in [-0.2, 0) is 16.0 Å². The van der Waals surface area contributed by atoms with Crippen LogP contribution in [0.4, 0.5) is 0 Å². The van der Waals surface area contributed by atoms with Crippen molar-refractivity contribution in [2.24, 2.45) is 11.3 Å². The van der Waals surface area contributed by atoms with Crippen LogP contribution in [0.2, 0.25) is 0 Å². The Kier molecular flexibility index (Phi) is 6.40. The van der Waals surface area contributed by atoms with E-state index < -0.39 is 11.4 Å². The van der Waals surface area contributed by atoms with Crippen LogP contribution in [0, 0.1) is 11.3 Å². The molecule has 4 nitrogen and oxygen atoms in total. The highest BCUT2D eigenvalue weighted by Crippen LogP contribution is 2.15. The minimum atomic E-state index is -0.931. The molecule has 1 unspecified atom stereocenters. The van der Waals surface area contributed by atoms with Crippen molar-refractivity contribution < 1.29 is 14.7 Å². The number of hydrogen-bond acceptors (Lipinski definition) is 2. The van der Waals surface area contributed by atoms with Gasteiger partial charge in [-0.25, -0.2) is 0 Å². The zero-order chi connectivity index (χ0) is 15.9. The van der Waals surface area contributed by atoms with Gasteiger partial charge in [0.1, 0.15) is 0 Å². The second-order valence-electron chi connectivity index (χ2n) is 6.19. The molecule has 1 aromatic carbocycles. The molecule has 0 saturated heterocycles. The first-order valence-electron chi connectivity index (χ1n) is 7.38. The van der Waals surface area contributed by atoms with Gasteiger partial charge in [0.25, 0.3) is 0 Å². The second-order valence-corrected chi connectivity index (χ2v) is 6.19. The number of carboxylic acids is 1. The van der Waals surface area contributed by atoms with E-state index in [1.807, 2.05) is 25.1 Å². The fraction of sp³-hybridized carbons (Fsp3) is 0.529. The Morgan fingerprint density at radius 3 is 2.43 bits per heavy atom. The van der Waals surface area contributed by atoms with Gasteiger partial charge in [-0.2, -0.15) is 0 Å². The largest absolute Gasteiger partial charge is 0.481 e. The highest BCUT2D eigenvalue weighted by atomic mass is 16.4. The molecule has 0 radical (unpaired) electrons. The number of nitrogens with one attached hydrogen (secondary N) is 1. The SMILES string of the molecule is CC(CCCc1ccccc1)C(=O)NCC(C)(C)C(=O)O. The van der Waals surface area contributed by atoms with E-state index >= 15 is 0 Å². The Labute approximate surface area is 126 Å². The summed E-state index contributed by atoms with van der Waals surface area (Å²) >= 11 is 0. The second kappa shape index (κ2) is 7.81. The van der Waals surface area contributed by atoms with Crippen molar-refractivity contribution in [3.05, 3.63) is 35.9 Å². The van der Waals surface area contributed by atoms with Crippen LogP contribution in [0.1, 0.15) is 39.2 Å². The Hall–Kier alpha value is -1.84. The molecule has 4 heteroatoms. The van der Waals surface area contributed by atoms with Crippen molar-refractivity contribution in [1.29, 1.82) is 0 Å². The monoisotopic (exact) mass is 291 g/mol. The summed E-state index contributed by atoms with van der Waals surface area (Å²) in [6.07, 6.45) is 2.70. The van der Waals surface area contributed by atoms with Gasteiger partial charge < -0.3 is 10.4 Å². The maximum atomic E-state index is 12.0. The molecule has 0 aromatic heterocycles. The zero-order valence-corrected chi connectivity index (χ0v) is 13.1. The minimum Gasteiger partial charge on any atom is -0.481 e. The summed E-state index contributed by atoms with van der Waals surface area (Å²) in [5.74, 6) is -1.07. The van der Waals surface area contributed by atoms with Crippen LogP contribution in [0.5, 0.6) is 0 Å². The van der Waals surface area contributed by atoms with E-state index in [1.165, 1.54) is 5.56 Å². The molecule has 0 heterocycles. The third-order valence-corrected chi connectivity index (χ3v) is 3.68. The number of carbonyl (C=O) groups excluding carboxylic acids is 1. The summed E-state index contributed by atoms with van der Waals surface area (Å²) in [5, 5.41) is 11.7. The fourth-order valence-corrected chi connectivity index (χ4v) is 1.95. The quantitative estimate of drug-likeness (QED) is 0.774. The molecule has 0 aliphatic rings. The summed E-state index contributed by atoms with van der Waals surface area (Å²) < 4.78 is 0. The van der Waals surface area contributed by atoms with Crippen LogP contribution in [0.3, 0.4) is 0 Å². The van der Waals surface area contributed by atoms with Crippen LogP contribution in [0.15, 0.2) is 30.3 Å². The van der Waals surface area contributed by atoms with Gasteiger partial charge in [-0.05, 0) is 38.7 Å². The van der Waals surface area contributed by atoms with Gasteiger partial charge >= 0.3 is 5.97 Å². The Bertz CT molecular complexity index is 468. The number of rotatable bonds is 8. The van der Waals surface area contributed by atoms with Crippen molar-refractivity contribution in [2.45, 2.75) is 40.0 Å². The van der Waals surface area contributed by atoms with Crippen LogP contribution >= 0.6 is 0 Å². The summed E-state index contributed by atoms with van der Waals surface area (Å²) in [7, 11) is 0. The van der Waals surface area contributed by atoms with Gasteiger partial charge in [-0.1, -0.05) is 37.3 Å². The molecule has 0 saturated carbocycles. The van der Waals surface area contributed by atoms with Gasteiger partial charge in [0.2, 0.25) is 5.91 Å². The van der Waals surface area contributed by atoms with E-state index in [-0.39, 0.29) is 18.4 Å². The maximum absolute atomic E-state index is 12.0. The van der Waals surface area contributed by atoms with Gasteiger partial charge in [0.15, 0.2) is 0 Å². The summed E-state index contributed by atoms with van der Waals surface area (Å²) in [6.45, 7) is 5.25. The number of hydrogen-bond donors (Lipinski definition) is 2. The Balaban J connectivity index is 2.30. The predicted octanol–water partition coefficient (Wildman–Crippen LogP) is 2.87. The normalized spacial score (nSPS) is 12.7. The molecular weight excluding hydrogens is 266 g/mol. The Morgan fingerprint density at radius 1 is 1.24 bits per heavy atom. The van der Waals surface area contributed by atoms with Crippen molar-refractivity contribution in [3.63, 3.8) is 0 Å². The lowest BCUT2D eigenvalue weighted by atomic mass is 9.93. The molecule has 0 fully saturated rings. The highest BCUT2D eigenvalue weighted by molar-refractivity contribution is 5.80. The zero-order valence-electron chi connectivity index (χ0n) is 13.1. The van der Waals surface area contributed by atoms with Crippen molar-refractivity contribution in [3.8, 4) is 0 Å². The summed E-state index contributed by atoms with van der Waals surface area (Å²) in [5.41, 5.74) is 0.344. The molecule has 1 rings (SSSR count). The van der Waals surface area contributed by atoms with Crippen molar-refractivity contribution in [2.75, 3.05) is 6.54 Å². The summed E-state index contributed by atoms with van der Waals surface area (Å²) in [4.78, 5) is 22.9. The molecule has 116 valence electrons. The number of aryl methyl sites for hydroxylation is 1. The third kappa shape index (κ3) is 5.98. The molecule has 0 aliphatic carbocycles. The molecule has 1 aromatic rings. The average Bonchev–Trinajstić information content (AvgIpc) is 2.45. The van der Waals surface area contributed by atoms with E-state index in [1.54, 1.807) is 13.8 Å². The van der Waals surface area contributed by atoms with E-state index in [0.29, 0.717) is 0 Å². The standard InChI is InChI=1S/C17H25NO3/c1-13(8-7-11-14-9-5-4-6-10-14)15(19)18-12-17(2,3)16(20)21/h4-6,9-10,13H,7-8,11-12H2,1-3H3,(H,18,19)(H,20,21). The lowest BCUT2D eigenvalue weighted by Gasteiger charge is -2.21. The van der Waals surface area contributed by atoms with E-state index in [0.717, 1.165) is 19.3 Å². The number of benzene rings is 1. The lowest BCUT2D eigenvalue weighted by molar-refractivity contribution is -0.146. The Morgan fingerprint density at radius 2 is 1.86 bits per heavy atom. The first-order chi connectivity index (χ1) is 9.83. The maximum Gasteiger partial charge on any atom is 0.310 e. The summed E-state index contributed by atoms with van der Waals surface area (Å²) in [6, 6.07) is 10.2. The smallest absolute Gasteiger partial charge is 0.310 e. The van der Waals surface area contributed by atoms with E-state index in [4.69, 9.17) is 5.11 Å². The number of amides is 1. The van der Waals surface area contributed by atoms with E-state index in [2.05, 4.69) is 17.4 Å². The lowest BCUT2D eigenvalue weighted by Crippen LogP contribution is -2.40.